The zero-order valence-electron chi connectivity index (χ0n) is 14.7. The summed E-state index contributed by atoms with van der Waals surface area (Å²) in [5.74, 6) is 0. The van der Waals surface area contributed by atoms with Gasteiger partial charge in [-0.2, -0.15) is 0 Å². The van der Waals surface area contributed by atoms with E-state index in [1.165, 1.54) is 24.2 Å². The topological polar surface area (TPSA) is 38.8 Å². The Kier molecular flexibility index (Phi) is 6.56. The number of piperazine rings is 1. The van der Waals surface area contributed by atoms with Gasteiger partial charge < -0.3 is 20.0 Å². The lowest BCUT2D eigenvalue weighted by Gasteiger charge is -2.36. The van der Waals surface area contributed by atoms with E-state index in [0.717, 1.165) is 39.1 Å². The zero-order chi connectivity index (χ0) is 16.7. The van der Waals surface area contributed by atoms with E-state index >= 15 is 0 Å². The Balaban J connectivity index is 1.78. The minimum absolute atomic E-state index is 0.0868. The smallest absolute Gasteiger partial charge is 0.317 e. The molecule has 5 nitrogen and oxygen atoms in total. The molecule has 1 saturated heterocycles. The largest absolute Gasteiger partial charge is 0.378 e. The average Bonchev–Trinajstić information content (AvgIpc) is 2.59. The highest BCUT2D eigenvalue weighted by molar-refractivity contribution is 5.74. The summed E-state index contributed by atoms with van der Waals surface area (Å²) in [5.41, 5.74) is 2.44. The quantitative estimate of drug-likeness (QED) is 0.820. The first-order chi connectivity index (χ1) is 11.1. The number of unbranched alkanes of at least 4 members (excludes halogenated alkanes) is 2. The third-order valence-corrected chi connectivity index (χ3v) is 4.35. The highest BCUT2D eigenvalue weighted by Crippen LogP contribution is 2.20. The lowest BCUT2D eigenvalue weighted by atomic mass is 10.2. The molecule has 0 saturated carbocycles. The Morgan fingerprint density at radius 1 is 1.09 bits per heavy atom. The minimum Gasteiger partial charge on any atom is -0.378 e. The Hall–Kier alpha value is -1.91. The summed E-state index contributed by atoms with van der Waals surface area (Å²) in [5, 5.41) is 3.02. The molecule has 5 heteroatoms. The standard InChI is InChI=1S/C18H30N4O/c1-4-5-6-11-19-18(23)22-14-12-21(13-15-22)17-9-7-16(8-10-17)20(2)3/h7-10H,4-6,11-15H2,1-3H3,(H,19,23). The Bertz CT molecular complexity index is 478. The Morgan fingerprint density at radius 2 is 1.74 bits per heavy atom. The van der Waals surface area contributed by atoms with Gasteiger partial charge in [0.15, 0.2) is 0 Å². The maximum Gasteiger partial charge on any atom is 0.317 e. The van der Waals surface area contributed by atoms with Crippen LogP contribution in [0.2, 0.25) is 0 Å². The van der Waals surface area contributed by atoms with Gasteiger partial charge in [0, 0.05) is 58.2 Å². The van der Waals surface area contributed by atoms with Crippen LogP contribution in [0.5, 0.6) is 0 Å². The predicted octanol–water partition coefficient (Wildman–Crippen LogP) is 2.77. The second kappa shape index (κ2) is 8.65. The molecule has 0 spiro atoms. The fourth-order valence-corrected chi connectivity index (χ4v) is 2.81. The molecule has 1 aliphatic rings. The van der Waals surface area contributed by atoms with Crippen LogP contribution in [0.3, 0.4) is 0 Å². The van der Waals surface area contributed by atoms with E-state index in [1.54, 1.807) is 0 Å². The maximum absolute atomic E-state index is 12.1. The van der Waals surface area contributed by atoms with Crippen LogP contribution in [-0.4, -0.2) is 57.8 Å². The molecular formula is C18H30N4O. The van der Waals surface area contributed by atoms with Crippen molar-refractivity contribution in [2.45, 2.75) is 26.2 Å². The first-order valence-electron chi connectivity index (χ1n) is 8.67. The van der Waals surface area contributed by atoms with Crippen LogP contribution in [0.4, 0.5) is 16.2 Å². The van der Waals surface area contributed by atoms with E-state index < -0.39 is 0 Å². The van der Waals surface area contributed by atoms with Crippen LogP contribution in [-0.2, 0) is 0 Å². The molecule has 0 atom stereocenters. The summed E-state index contributed by atoms with van der Waals surface area (Å²) in [6, 6.07) is 8.69. The van der Waals surface area contributed by atoms with Gasteiger partial charge in [0.05, 0.1) is 0 Å². The number of carbonyl (C=O) groups excluding carboxylic acids is 1. The van der Waals surface area contributed by atoms with Gasteiger partial charge in [-0.3, -0.25) is 0 Å². The maximum atomic E-state index is 12.1. The highest BCUT2D eigenvalue weighted by atomic mass is 16.2. The summed E-state index contributed by atoms with van der Waals surface area (Å²) in [6.45, 7) is 6.32. The van der Waals surface area contributed by atoms with Gasteiger partial charge in [-0.15, -0.1) is 0 Å². The normalized spacial score (nSPS) is 14.7. The molecule has 1 fully saturated rings. The number of benzene rings is 1. The van der Waals surface area contributed by atoms with E-state index in [9.17, 15) is 4.79 Å². The second-order valence-corrected chi connectivity index (χ2v) is 6.32. The van der Waals surface area contributed by atoms with E-state index in [2.05, 4.69) is 46.3 Å². The van der Waals surface area contributed by atoms with Gasteiger partial charge in [-0.05, 0) is 30.7 Å². The van der Waals surface area contributed by atoms with Gasteiger partial charge in [0.2, 0.25) is 0 Å². The molecule has 1 N–H and O–H groups in total. The number of nitrogens with zero attached hydrogens (tertiary/aromatic N) is 3. The number of amides is 2. The van der Waals surface area contributed by atoms with Gasteiger partial charge in [-0.25, -0.2) is 4.79 Å². The molecule has 0 aromatic heterocycles. The van der Waals surface area contributed by atoms with Crippen LogP contribution in [0.15, 0.2) is 24.3 Å². The number of anilines is 2. The first-order valence-corrected chi connectivity index (χ1v) is 8.67. The fourth-order valence-electron chi connectivity index (χ4n) is 2.81. The molecule has 2 rings (SSSR count). The highest BCUT2D eigenvalue weighted by Gasteiger charge is 2.20. The van der Waals surface area contributed by atoms with Gasteiger partial charge in [0.1, 0.15) is 0 Å². The molecule has 0 bridgehead atoms. The van der Waals surface area contributed by atoms with Crippen molar-refractivity contribution >= 4 is 17.4 Å². The number of carbonyl (C=O) groups is 1. The van der Waals surface area contributed by atoms with Crippen LogP contribution in [0.25, 0.3) is 0 Å². The van der Waals surface area contributed by atoms with Gasteiger partial charge in [0.25, 0.3) is 0 Å². The van der Waals surface area contributed by atoms with Crippen molar-refractivity contribution in [2.75, 3.05) is 56.6 Å². The van der Waals surface area contributed by atoms with Crippen molar-refractivity contribution < 1.29 is 4.79 Å². The second-order valence-electron chi connectivity index (χ2n) is 6.32. The SMILES string of the molecule is CCCCCNC(=O)N1CCN(c2ccc(N(C)C)cc2)CC1. The summed E-state index contributed by atoms with van der Waals surface area (Å²) in [6.07, 6.45) is 3.43. The number of hydrogen-bond acceptors (Lipinski definition) is 3. The van der Waals surface area contributed by atoms with Gasteiger partial charge in [-0.1, -0.05) is 19.8 Å². The molecule has 23 heavy (non-hydrogen) atoms. The lowest BCUT2D eigenvalue weighted by Crippen LogP contribution is -2.52. The van der Waals surface area contributed by atoms with E-state index in [1.807, 2.05) is 19.0 Å². The summed E-state index contributed by atoms with van der Waals surface area (Å²) >= 11 is 0. The van der Waals surface area contributed by atoms with Crippen LogP contribution in [0, 0.1) is 0 Å². The molecule has 0 aliphatic carbocycles. The van der Waals surface area contributed by atoms with Crippen molar-refractivity contribution in [3.63, 3.8) is 0 Å². The van der Waals surface area contributed by atoms with Gasteiger partial charge >= 0.3 is 6.03 Å². The molecule has 0 radical (unpaired) electrons. The molecule has 1 aromatic carbocycles. The molecule has 1 aliphatic heterocycles. The molecule has 1 aromatic rings. The average molecular weight is 318 g/mol. The fraction of sp³-hybridized carbons (Fsp3) is 0.611. The summed E-state index contributed by atoms with van der Waals surface area (Å²) in [7, 11) is 4.10. The zero-order valence-corrected chi connectivity index (χ0v) is 14.7. The van der Waals surface area contributed by atoms with E-state index in [4.69, 9.17) is 0 Å². The van der Waals surface area contributed by atoms with Crippen molar-refractivity contribution in [3.8, 4) is 0 Å². The lowest BCUT2D eigenvalue weighted by molar-refractivity contribution is 0.194. The third kappa shape index (κ3) is 5.05. The van der Waals surface area contributed by atoms with Crippen molar-refractivity contribution in [1.29, 1.82) is 0 Å². The van der Waals surface area contributed by atoms with Crippen LogP contribution in [0.1, 0.15) is 26.2 Å². The predicted molar refractivity (Wildman–Crippen MR) is 97.5 cm³/mol. The summed E-state index contributed by atoms with van der Waals surface area (Å²) < 4.78 is 0. The third-order valence-electron chi connectivity index (χ3n) is 4.35. The monoisotopic (exact) mass is 318 g/mol. The molecule has 0 unspecified atom stereocenters. The first kappa shape index (κ1) is 17.4. The molecule has 2 amide bonds. The van der Waals surface area contributed by atoms with E-state index in [-0.39, 0.29) is 6.03 Å². The molecule has 128 valence electrons. The Morgan fingerprint density at radius 3 is 2.30 bits per heavy atom. The Labute approximate surface area is 140 Å². The number of rotatable bonds is 6. The van der Waals surface area contributed by atoms with Crippen LogP contribution < -0.4 is 15.1 Å². The number of urea groups is 1. The van der Waals surface area contributed by atoms with Crippen LogP contribution >= 0.6 is 0 Å². The van der Waals surface area contributed by atoms with E-state index in [0.29, 0.717) is 0 Å². The summed E-state index contributed by atoms with van der Waals surface area (Å²) in [4.78, 5) is 18.5. The van der Waals surface area contributed by atoms with Crippen molar-refractivity contribution in [1.82, 2.24) is 10.2 Å². The van der Waals surface area contributed by atoms with Crippen molar-refractivity contribution in [3.05, 3.63) is 24.3 Å². The number of nitrogens with one attached hydrogen (secondary N) is 1. The molecule has 1 heterocycles. The van der Waals surface area contributed by atoms with Crippen molar-refractivity contribution in [2.24, 2.45) is 0 Å². The minimum atomic E-state index is 0.0868. The number of hydrogen-bond donors (Lipinski definition) is 1. The molecular weight excluding hydrogens is 288 g/mol.